The third-order valence-electron chi connectivity index (χ3n) is 4.40. The van der Waals surface area contributed by atoms with E-state index >= 15 is 0 Å². The maximum absolute atomic E-state index is 12.4. The molecule has 0 bridgehead atoms. The molecule has 7 nitrogen and oxygen atoms in total. The lowest BCUT2D eigenvalue weighted by Crippen LogP contribution is -2.36. The van der Waals surface area contributed by atoms with Crippen LogP contribution in [0.4, 0.5) is 0 Å². The second-order valence-electron chi connectivity index (χ2n) is 6.17. The minimum Gasteiger partial charge on any atom is -0.345 e. The Hall–Kier alpha value is -1.92. The molecule has 22 heavy (non-hydrogen) atoms. The fourth-order valence-electron chi connectivity index (χ4n) is 2.80. The highest BCUT2D eigenvalue weighted by Gasteiger charge is 2.35. The van der Waals surface area contributed by atoms with Crippen molar-refractivity contribution in [1.82, 2.24) is 19.9 Å². The fourth-order valence-corrected chi connectivity index (χ4v) is 2.80. The van der Waals surface area contributed by atoms with E-state index < -0.39 is 0 Å². The Morgan fingerprint density at radius 1 is 1.45 bits per heavy atom. The zero-order valence-electron chi connectivity index (χ0n) is 13.1. The second-order valence-corrected chi connectivity index (χ2v) is 6.17. The third-order valence-corrected chi connectivity index (χ3v) is 4.40. The summed E-state index contributed by atoms with van der Waals surface area (Å²) in [5.74, 6) is 1.70. The van der Waals surface area contributed by atoms with Gasteiger partial charge in [-0.2, -0.15) is 4.98 Å². The topological polar surface area (TPSA) is 79.5 Å². The molecule has 0 unspecified atom stereocenters. The molecule has 0 aromatic carbocycles. The maximum atomic E-state index is 12.4. The van der Waals surface area contributed by atoms with E-state index in [-0.39, 0.29) is 17.7 Å². The number of aromatic nitrogens is 2. The number of rotatable bonds is 6. The Balaban J connectivity index is 1.49. The number of hydrogen-bond acceptors (Lipinski definition) is 5. The van der Waals surface area contributed by atoms with Crippen LogP contribution in [-0.4, -0.2) is 58.4 Å². The molecule has 1 aliphatic carbocycles. The van der Waals surface area contributed by atoms with Crippen molar-refractivity contribution in [3.05, 3.63) is 11.7 Å². The predicted molar refractivity (Wildman–Crippen MR) is 78.0 cm³/mol. The van der Waals surface area contributed by atoms with E-state index in [2.05, 4.69) is 10.1 Å². The van der Waals surface area contributed by atoms with Crippen molar-refractivity contribution in [1.29, 1.82) is 0 Å². The van der Waals surface area contributed by atoms with Crippen LogP contribution in [0, 0.1) is 5.92 Å². The zero-order valence-corrected chi connectivity index (χ0v) is 13.1. The van der Waals surface area contributed by atoms with Crippen LogP contribution in [-0.2, 0) is 16.0 Å². The van der Waals surface area contributed by atoms with Crippen molar-refractivity contribution in [2.45, 2.75) is 38.5 Å². The minimum absolute atomic E-state index is 0.0233. The molecular weight excluding hydrogens is 284 g/mol. The monoisotopic (exact) mass is 306 g/mol. The molecule has 7 heteroatoms. The van der Waals surface area contributed by atoms with Gasteiger partial charge in [0.2, 0.25) is 17.7 Å². The molecule has 0 N–H and O–H groups in total. The Morgan fingerprint density at radius 3 is 2.86 bits per heavy atom. The van der Waals surface area contributed by atoms with Crippen LogP contribution in [0.2, 0.25) is 0 Å². The Morgan fingerprint density at radius 2 is 2.23 bits per heavy atom. The van der Waals surface area contributed by atoms with Crippen LogP contribution in [0.25, 0.3) is 0 Å². The van der Waals surface area contributed by atoms with Crippen molar-refractivity contribution >= 4 is 11.8 Å². The van der Waals surface area contributed by atoms with Gasteiger partial charge in [-0.1, -0.05) is 5.16 Å². The Kier molecular flexibility index (Phi) is 4.13. The molecule has 1 saturated heterocycles. The first-order valence-corrected chi connectivity index (χ1v) is 7.93. The van der Waals surface area contributed by atoms with Gasteiger partial charge < -0.3 is 14.3 Å². The van der Waals surface area contributed by atoms with Crippen molar-refractivity contribution < 1.29 is 14.1 Å². The van der Waals surface area contributed by atoms with E-state index in [9.17, 15) is 9.59 Å². The molecule has 1 saturated carbocycles. The fraction of sp³-hybridized carbons (Fsp3) is 0.733. The summed E-state index contributed by atoms with van der Waals surface area (Å²) in [4.78, 5) is 31.9. The van der Waals surface area contributed by atoms with Crippen molar-refractivity contribution in [2.24, 2.45) is 5.92 Å². The molecular formula is C15H22N4O3. The normalized spacial score (nSPS) is 21.5. The zero-order chi connectivity index (χ0) is 15.7. The predicted octanol–water partition coefficient (Wildman–Crippen LogP) is 0.816. The van der Waals surface area contributed by atoms with E-state index in [4.69, 9.17) is 4.52 Å². The van der Waals surface area contributed by atoms with Crippen molar-refractivity contribution in [3.8, 4) is 0 Å². The van der Waals surface area contributed by atoms with Crippen LogP contribution >= 0.6 is 0 Å². The molecule has 1 aromatic heterocycles. The number of hydrogen-bond donors (Lipinski definition) is 0. The lowest BCUT2D eigenvalue weighted by atomic mass is 10.1. The molecule has 0 radical (unpaired) electrons. The van der Waals surface area contributed by atoms with E-state index in [1.165, 1.54) is 0 Å². The van der Waals surface area contributed by atoms with E-state index in [1.54, 1.807) is 16.8 Å². The summed E-state index contributed by atoms with van der Waals surface area (Å²) in [6.07, 6.45) is 3.16. The van der Waals surface area contributed by atoms with E-state index in [0.717, 1.165) is 18.7 Å². The summed E-state index contributed by atoms with van der Waals surface area (Å²) in [5, 5.41) is 3.96. The molecule has 1 aliphatic heterocycles. The first-order chi connectivity index (χ1) is 10.6. The third kappa shape index (κ3) is 3.13. The quantitative estimate of drug-likeness (QED) is 0.777. The first-order valence-electron chi connectivity index (χ1n) is 7.93. The highest BCUT2D eigenvalue weighted by atomic mass is 16.5. The molecule has 2 amide bonds. The number of amides is 2. The standard InChI is InChI=1S/C15H22N4O3/c1-3-19-9-11(8-13(19)20)15(21)18(2)7-6-12-16-14(22-17-12)10-4-5-10/h10-11H,3-9H2,1-2H3/t11-/m1/s1. The summed E-state index contributed by atoms with van der Waals surface area (Å²) in [6, 6.07) is 0. The molecule has 1 aromatic rings. The van der Waals surface area contributed by atoms with E-state index in [1.807, 2.05) is 6.92 Å². The highest BCUT2D eigenvalue weighted by molar-refractivity contribution is 5.89. The van der Waals surface area contributed by atoms with Gasteiger partial charge in [0, 0.05) is 45.4 Å². The molecule has 2 heterocycles. The Bertz CT molecular complexity index is 567. The van der Waals surface area contributed by atoms with Gasteiger partial charge in [-0.05, 0) is 19.8 Å². The largest absolute Gasteiger partial charge is 0.345 e. The summed E-state index contributed by atoms with van der Waals surface area (Å²) in [7, 11) is 1.77. The van der Waals surface area contributed by atoms with Gasteiger partial charge in [0.15, 0.2) is 5.82 Å². The molecule has 120 valence electrons. The summed E-state index contributed by atoms with van der Waals surface area (Å²) < 4.78 is 5.21. The van der Waals surface area contributed by atoms with Gasteiger partial charge in [0.1, 0.15) is 0 Å². The number of likely N-dealkylation sites (tertiary alicyclic amines) is 1. The van der Waals surface area contributed by atoms with Gasteiger partial charge in [0.25, 0.3) is 0 Å². The average molecular weight is 306 g/mol. The SMILES string of the molecule is CCN1C[C@H](C(=O)N(C)CCc2noc(C3CC3)n2)CC1=O. The van der Waals surface area contributed by atoms with Crippen LogP contribution in [0.3, 0.4) is 0 Å². The van der Waals surface area contributed by atoms with Crippen LogP contribution in [0.15, 0.2) is 4.52 Å². The minimum atomic E-state index is -0.218. The van der Waals surface area contributed by atoms with Crippen LogP contribution in [0.1, 0.15) is 43.8 Å². The van der Waals surface area contributed by atoms with Crippen molar-refractivity contribution in [3.63, 3.8) is 0 Å². The summed E-state index contributed by atoms with van der Waals surface area (Å²) in [6.45, 7) is 3.67. The maximum Gasteiger partial charge on any atom is 0.229 e. The summed E-state index contributed by atoms with van der Waals surface area (Å²) >= 11 is 0. The number of likely N-dealkylation sites (N-methyl/N-ethyl adjacent to an activating group) is 1. The first kappa shape index (κ1) is 15.0. The lowest BCUT2D eigenvalue weighted by Gasteiger charge is -2.20. The number of carbonyl (C=O) groups excluding carboxylic acids is 2. The second kappa shape index (κ2) is 6.06. The van der Waals surface area contributed by atoms with Crippen molar-refractivity contribution in [2.75, 3.05) is 26.7 Å². The lowest BCUT2D eigenvalue weighted by molar-refractivity contribution is -0.134. The number of carbonyl (C=O) groups is 2. The van der Waals surface area contributed by atoms with Gasteiger partial charge in [-0.25, -0.2) is 0 Å². The van der Waals surface area contributed by atoms with Gasteiger partial charge in [0.05, 0.1) is 5.92 Å². The number of nitrogens with zero attached hydrogens (tertiary/aromatic N) is 4. The van der Waals surface area contributed by atoms with Crippen LogP contribution < -0.4 is 0 Å². The smallest absolute Gasteiger partial charge is 0.229 e. The molecule has 2 fully saturated rings. The molecule has 3 rings (SSSR count). The van der Waals surface area contributed by atoms with Gasteiger partial charge in [-0.3, -0.25) is 9.59 Å². The Labute approximate surface area is 129 Å². The molecule has 2 aliphatic rings. The van der Waals surface area contributed by atoms with E-state index in [0.29, 0.717) is 44.2 Å². The van der Waals surface area contributed by atoms with Gasteiger partial charge in [-0.15, -0.1) is 0 Å². The molecule has 1 atom stereocenters. The highest BCUT2D eigenvalue weighted by Crippen LogP contribution is 2.38. The van der Waals surface area contributed by atoms with Crippen LogP contribution in [0.5, 0.6) is 0 Å². The molecule has 0 spiro atoms. The average Bonchev–Trinajstić information content (AvgIpc) is 3.14. The van der Waals surface area contributed by atoms with Gasteiger partial charge >= 0.3 is 0 Å². The summed E-state index contributed by atoms with van der Waals surface area (Å²) in [5.41, 5.74) is 0.